The summed E-state index contributed by atoms with van der Waals surface area (Å²) in [6.07, 6.45) is 0. The SMILES string of the molecule is COCCNC(=O)c1ccc(N2CCNCC2)c(NS(=O)(=O)c2cc(C)ccc2C)c1. The molecular weight excluding hydrogens is 416 g/mol. The first-order chi connectivity index (χ1) is 14.8. The lowest BCUT2D eigenvalue weighted by Gasteiger charge is -2.31. The van der Waals surface area contributed by atoms with E-state index < -0.39 is 10.0 Å². The summed E-state index contributed by atoms with van der Waals surface area (Å²) >= 11 is 0. The zero-order chi connectivity index (χ0) is 22.4. The summed E-state index contributed by atoms with van der Waals surface area (Å²) in [7, 11) is -2.27. The highest BCUT2D eigenvalue weighted by Gasteiger charge is 2.22. The first-order valence-electron chi connectivity index (χ1n) is 10.3. The molecular formula is C22H30N4O4S. The molecule has 0 atom stereocenters. The summed E-state index contributed by atoms with van der Waals surface area (Å²) in [6, 6.07) is 10.4. The third-order valence-electron chi connectivity index (χ3n) is 5.19. The highest BCUT2D eigenvalue weighted by Crippen LogP contribution is 2.30. The zero-order valence-corrected chi connectivity index (χ0v) is 19.0. The summed E-state index contributed by atoms with van der Waals surface area (Å²) in [4.78, 5) is 14.9. The highest BCUT2D eigenvalue weighted by atomic mass is 32.2. The number of amides is 1. The van der Waals surface area contributed by atoms with E-state index in [9.17, 15) is 13.2 Å². The van der Waals surface area contributed by atoms with Crippen molar-refractivity contribution in [3.05, 3.63) is 53.1 Å². The van der Waals surface area contributed by atoms with Gasteiger partial charge in [-0.05, 0) is 49.2 Å². The van der Waals surface area contributed by atoms with Gasteiger partial charge in [-0.15, -0.1) is 0 Å². The number of benzene rings is 2. The van der Waals surface area contributed by atoms with E-state index in [1.54, 1.807) is 44.4 Å². The predicted molar refractivity (Wildman–Crippen MR) is 122 cm³/mol. The van der Waals surface area contributed by atoms with Crippen molar-refractivity contribution in [3.63, 3.8) is 0 Å². The zero-order valence-electron chi connectivity index (χ0n) is 18.2. The quantitative estimate of drug-likeness (QED) is 0.536. The second-order valence-corrected chi connectivity index (χ2v) is 9.24. The lowest BCUT2D eigenvalue weighted by atomic mass is 10.1. The number of anilines is 2. The van der Waals surface area contributed by atoms with Gasteiger partial charge in [0.1, 0.15) is 0 Å². The maximum Gasteiger partial charge on any atom is 0.262 e. The largest absolute Gasteiger partial charge is 0.383 e. The second-order valence-electron chi connectivity index (χ2n) is 7.59. The number of nitrogens with one attached hydrogen (secondary N) is 3. The fourth-order valence-corrected chi connectivity index (χ4v) is 4.90. The topological polar surface area (TPSA) is 99.8 Å². The number of carbonyl (C=O) groups is 1. The van der Waals surface area contributed by atoms with Crippen LogP contribution in [-0.2, 0) is 14.8 Å². The smallest absolute Gasteiger partial charge is 0.262 e. The molecule has 0 unspecified atom stereocenters. The van der Waals surface area contributed by atoms with Crippen LogP contribution >= 0.6 is 0 Å². The molecule has 2 aromatic rings. The van der Waals surface area contributed by atoms with Gasteiger partial charge in [0.25, 0.3) is 15.9 Å². The van der Waals surface area contributed by atoms with E-state index in [0.29, 0.717) is 30.0 Å². The Labute approximate surface area is 184 Å². The first kappa shape index (κ1) is 23.1. The van der Waals surface area contributed by atoms with Crippen molar-refractivity contribution in [1.82, 2.24) is 10.6 Å². The van der Waals surface area contributed by atoms with E-state index in [2.05, 4.69) is 20.3 Å². The van der Waals surface area contributed by atoms with Crippen molar-refractivity contribution in [2.75, 3.05) is 56.1 Å². The normalized spacial score (nSPS) is 14.4. The Morgan fingerprint density at radius 3 is 2.58 bits per heavy atom. The maximum absolute atomic E-state index is 13.2. The number of hydrogen-bond acceptors (Lipinski definition) is 6. The van der Waals surface area contributed by atoms with E-state index in [0.717, 1.165) is 37.4 Å². The Morgan fingerprint density at radius 2 is 1.87 bits per heavy atom. The molecule has 1 saturated heterocycles. The van der Waals surface area contributed by atoms with Gasteiger partial charge in [-0.2, -0.15) is 0 Å². The molecule has 0 spiro atoms. The molecule has 1 aliphatic heterocycles. The van der Waals surface area contributed by atoms with Crippen molar-refractivity contribution >= 4 is 27.3 Å². The molecule has 1 amide bonds. The lowest BCUT2D eigenvalue weighted by molar-refractivity contribution is 0.0937. The van der Waals surface area contributed by atoms with Gasteiger partial charge in [0.15, 0.2) is 0 Å². The maximum atomic E-state index is 13.2. The Balaban J connectivity index is 1.97. The summed E-state index contributed by atoms with van der Waals surface area (Å²) in [6.45, 7) is 7.51. The molecule has 1 fully saturated rings. The number of nitrogens with zero attached hydrogens (tertiary/aromatic N) is 1. The molecule has 1 heterocycles. The van der Waals surface area contributed by atoms with Crippen molar-refractivity contribution in [1.29, 1.82) is 0 Å². The fourth-order valence-electron chi connectivity index (χ4n) is 3.51. The monoisotopic (exact) mass is 446 g/mol. The predicted octanol–water partition coefficient (Wildman–Crippen LogP) is 1.89. The molecule has 0 bridgehead atoms. The molecule has 0 aliphatic carbocycles. The van der Waals surface area contributed by atoms with Crippen LogP contribution in [0.15, 0.2) is 41.3 Å². The molecule has 168 valence electrons. The molecule has 0 aromatic heterocycles. The average molecular weight is 447 g/mol. The number of aryl methyl sites for hydroxylation is 2. The standard InChI is InChI=1S/C22H30N4O4S/c1-16-4-5-17(2)21(14-16)31(28,29)25-19-15-18(22(27)24-10-13-30-3)6-7-20(19)26-11-8-23-9-12-26/h4-7,14-15,23,25H,8-13H2,1-3H3,(H,24,27). The lowest BCUT2D eigenvalue weighted by Crippen LogP contribution is -2.43. The Morgan fingerprint density at radius 1 is 1.13 bits per heavy atom. The van der Waals surface area contributed by atoms with Crippen molar-refractivity contribution < 1.29 is 17.9 Å². The fraction of sp³-hybridized carbons (Fsp3) is 0.409. The first-order valence-corrected chi connectivity index (χ1v) is 11.8. The molecule has 0 saturated carbocycles. The molecule has 8 nitrogen and oxygen atoms in total. The number of piperazine rings is 1. The third kappa shape index (κ3) is 5.75. The summed E-state index contributed by atoms with van der Waals surface area (Å²) in [5.74, 6) is -0.281. The van der Waals surface area contributed by atoms with Gasteiger partial charge in [0.05, 0.1) is 22.9 Å². The van der Waals surface area contributed by atoms with Gasteiger partial charge in [-0.3, -0.25) is 9.52 Å². The molecule has 2 aromatic carbocycles. The molecule has 3 N–H and O–H groups in total. The minimum absolute atomic E-state index is 0.230. The Bertz CT molecular complexity index is 1030. The summed E-state index contributed by atoms with van der Waals surface area (Å²) < 4.78 is 34.2. The number of carbonyl (C=O) groups excluding carboxylic acids is 1. The Kier molecular flexibility index (Phi) is 7.53. The summed E-state index contributed by atoms with van der Waals surface area (Å²) in [5.41, 5.74) is 3.05. The van der Waals surface area contributed by atoms with E-state index >= 15 is 0 Å². The molecule has 1 aliphatic rings. The second kappa shape index (κ2) is 10.1. The Hall–Kier alpha value is -2.62. The van der Waals surface area contributed by atoms with Crippen molar-refractivity contribution in [3.8, 4) is 0 Å². The van der Waals surface area contributed by atoms with Crippen LogP contribution < -0.4 is 20.3 Å². The molecule has 31 heavy (non-hydrogen) atoms. The van der Waals surface area contributed by atoms with Gasteiger partial charge >= 0.3 is 0 Å². The number of ether oxygens (including phenoxy) is 1. The van der Waals surface area contributed by atoms with E-state index in [1.165, 1.54) is 0 Å². The highest BCUT2D eigenvalue weighted by molar-refractivity contribution is 7.92. The van der Waals surface area contributed by atoms with Crippen molar-refractivity contribution in [2.24, 2.45) is 0 Å². The van der Waals surface area contributed by atoms with Crippen LogP contribution in [0.2, 0.25) is 0 Å². The van der Waals surface area contributed by atoms with Gasteiger partial charge in [-0.1, -0.05) is 12.1 Å². The van der Waals surface area contributed by atoms with Crippen molar-refractivity contribution in [2.45, 2.75) is 18.7 Å². The summed E-state index contributed by atoms with van der Waals surface area (Å²) in [5, 5.41) is 6.07. The minimum Gasteiger partial charge on any atom is -0.383 e. The van der Waals surface area contributed by atoms with Gasteiger partial charge in [0, 0.05) is 45.4 Å². The van der Waals surface area contributed by atoms with Gasteiger partial charge in [-0.25, -0.2) is 8.42 Å². The van der Waals surface area contributed by atoms with Crippen LogP contribution in [0.3, 0.4) is 0 Å². The van der Waals surface area contributed by atoms with E-state index in [-0.39, 0.29) is 10.8 Å². The third-order valence-corrected chi connectivity index (χ3v) is 6.69. The number of sulfonamides is 1. The number of rotatable bonds is 8. The number of methoxy groups -OCH3 is 1. The van der Waals surface area contributed by atoms with Crippen LogP contribution in [-0.4, -0.2) is 60.8 Å². The number of hydrogen-bond donors (Lipinski definition) is 3. The van der Waals surface area contributed by atoms with Crippen LogP contribution in [0.1, 0.15) is 21.5 Å². The van der Waals surface area contributed by atoms with Crippen LogP contribution in [0.4, 0.5) is 11.4 Å². The van der Waals surface area contributed by atoms with Crippen LogP contribution in [0.5, 0.6) is 0 Å². The van der Waals surface area contributed by atoms with Crippen LogP contribution in [0, 0.1) is 13.8 Å². The van der Waals surface area contributed by atoms with E-state index in [4.69, 9.17) is 4.74 Å². The molecule has 9 heteroatoms. The molecule has 0 radical (unpaired) electrons. The van der Waals surface area contributed by atoms with Crippen LogP contribution in [0.25, 0.3) is 0 Å². The minimum atomic E-state index is -3.84. The molecule has 3 rings (SSSR count). The van der Waals surface area contributed by atoms with E-state index in [1.807, 2.05) is 13.0 Å². The van der Waals surface area contributed by atoms with Gasteiger partial charge in [0.2, 0.25) is 0 Å². The average Bonchev–Trinajstić information content (AvgIpc) is 2.75. The van der Waals surface area contributed by atoms with Gasteiger partial charge < -0.3 is 20.3 Å².